The van der Waals surface area contributed by atoms with Crippen molar-refractivity contribution in [2.24, 2.45) is 4.99 Å². The fourth-order valence-electron chi connectivity index (χ4n) is 2.26. The first-order valence-electron chi connectivity index (χ1n) is 8.26. The molecule has 0 saturated heterocycles. The number of unbranched alkanes of at least 4 members (excludes halogenated alkanes) is 4. The number of aliphatic imine (C=N–C) groups is 1. The van der Waals surface area contributed by atoms with Crippen LogP contribution in [0.25, 0.3) is 0 Å². The molecule has 0 aliphatic rings. The van der Waals surface area contributed by atoms with Crippen molar-refractivity contribution < 1.29 is 0 Å². The molecule has 1 rings (SSSR count). The lowest BCUT2D eigenvalue weighted by Crippen LogP contribution is -2.37. The van der Waals surface area contributed by atoms with Crippen molar-refractivity contribution in [2.45, 2.75) is 45.6 Å². The van der Waals surface area contributed by atoms with E-state index in [-0.39, 0.29) is 0 Å². The van der Waals surface area contributed by atoms with E-state index in [0.29, 0.717) is 0 Å². The highest BCUT2D eigenvalue weighted by molar-refractivity contribution is 7.11. The maximum atomic E-state index is 4.27. The van der Waals surface area contributed by atoms with Gasteiger partial charge in [-0.05, 0) is 52.5 Å². The van der Waals surface area contributed by atoms with Crippen LogP contribution in [0.15, 0.2) is 17.1 Å². The van der Waals surface area contributed by atoms with Crippen molar-refractivity contribution in [3.8, 4) is 0 Å². The fraction of sp³-hybridized carbons (Fsp3) is 0.706. The zero-order valence-electron chi connectivity index (χ0n) is 14.6. The lowest BCUT2D eigenvalue weighted by atomic mass is 10.1. The summed E-state index contributed by atoms with van der Waals surface area (Å²) in [6, 6.07) is 4.34. The Hall–Kier alpha value is -1.07. The molecule has 4 nitrogen and oxygen atoms in total. The summed E-state index contributed by atoms with van der Waals surface area (Å²) in [5, 5.41) is 6.76. The van der Waals surface area contributed by atoms with Crippen LogP contribution in [-0.4, -0.2) is 45.1 Å². The van der Waals surface area contributed by atoms with E-state index in [2.05, 4.69) is 53.7 Å². The van der Waals surface area contributed by atoms with Gasteiger partial charge in [0.25, 0.3) is 0 Å². The van der Waals surface area contributed by atoms with Crippen LogP contribution in [0.4, 0.5) is 0 Å². The Kier molecular flexibility index (Phi) is 9.91. The van der Waals surface area contributed by atoms with E-state index in [9.17, 15) is 0 Å². The smallest absolute Gasteiger partial charge is 0.191 e. The third kappa shape index (κ3) is 9.05. The Morgan fingerprint density at radius 1 is 1.09 bits per heavy atom. The maximum absolute atomic E-state index is 4.27. The number of nitrogens with one attached hydrogen (secondary N) is 2. The van der Waals surface area contributed by atoms with Crippen LogP contribution in [-0.2, 0) is 6.54 Å². The number of thiophene rings is 1. The van der Waals surface area contributed by atoms with Crippen molar-refractivity contribution >= 4 is 17.3 Å². The number of rotatable bonds is 10. The van der Waals surface area contributed by atoms with E-state index in [1.54, 1.807) is 0 Å². The molecule has 1 aromatic rings. The lowest BCUT2D eigenvalue weighted by Gasteiger charge is -2.11. The summed E-state index contributed by atoms with van der Waals surface area (Å²) in [7, 11) is 6.11. The normalized spacial score (nSPS) is 12.0. The highest BCUT2D eigenvalue weighted by Gasteiger charge is 2.00. The molecule has 0 fully saturated rings. The van der Waals surface area contributed by atoms with E-state index in [4.69, 9.17) is 0 Å². The van der Waals surface area contributed by atoms with Gasteiger partial charge in [0, 0.05) is 23.3 Å². The van der Waals surface area contributed by atoms with Crippen LogP contribution in [0.2, 0.25) is 0 Å². The Balaban J connectivity index is 2.02. The monoisotopic (exact) mass is 324 g/mol. The SMILES string of the molecule is CN=C(NCCCCCCCN(C)C)NCc1ccc(C)s1. The van der Waals surface area contributed by atoms with Gasteiger partial charge in [-0.1, -0.05) is 19.3 Å². The molecule has 1 heterocycles. The molecule has 126 valence electrons. The summed E-state index contributed by atoms with van der Waals surface area (Å²) < 4.78 is 0. The maximum Gasteiger partial charge on any atom is 0.191 e. The summed E-state index contributed by atoms with van der Waals surface area (Å²) >= 11 is 1.83. The number of hydrogen-bond donors (Lipinski definition) is 2. The van der Waals surface area contributed by atoms with Crippen LogP contribution in [0.5, 0.6) is 0 Å². The Morgan fingerprint density at radius 2 is 1.82 bits per heavy atom. The predicted octanol–water partition coefficient (Wildman–Crippen LogP) is 3.23. The average Bonchev–Trinajstić information content (AvgIpc) is 2.90. The van der Waals surface area contributed by atoms with Crippen molar-refractivity contribution in [1.29, 1.82) is 0 Å². The fourth-order valence-corrected chi connectivity index (χ4v) is 3.09. The standard InChI is InChI=1S/C17H32N4S/c1-15-10-11-16(22-15)14-20-17(18-2)19-12-8-6-5-7-9-13-21(3)4/h10-11H,5-9,12-14H2,1-4H3,(H2,18,19,20). The molecule has 0 spiro atoms. The van der Waals surface area contributed by atoms with Crippen molar-refractivity contribution in [3.63, 3.8) is 0 Å². The van der Waals surface area contributed by atoms with Gasteiger partial charge in [0.2, 0.25) is 0 Å². The zero-order valence-corrected chi connectivity index (χ0v) is 15.4. The average molecular weight is 325 g/mol. The first-order valence-corrected chi connectivity index (χ1v) is 9.08. The zero-order chi connectivity index (χ0) is 16.2. The molecule has 2 N–H and O–H groups in total. The Bertz CT molecular complexity index is 426. The van der Waals surface area contributed by atoms with E-state index in [1.807, 2.05) is 18.4 Å². The third-order valence-electron chi connectivity index (χ3n) is 3.52. The van der Waals surface area contributed by atoms with Gasteiger partial charge in [-0.15, -0.1) is 11.3 Å². The van der Waals surface area contributed by atoms with E-state index in [0.717, 1.165) is 19.0 Å². The molecule has 0 aliphatic heterocycles. The number of aryl methyl sites for hydroxylation is 1. The van der Waals surface area contributed by atoms with Crippen LogP contribution in [0.1, 0.15) is 41.9 Å². The summed E-state index contributed by atoms with van der Waals surface area (Å²) in [6.45, 7) is 5.19. The van der Waals surface area contributed by atoms with Gasteiger partial charge in [0.05, 0.1) is 6.54 Å². The quantitative estimate of drug-likeness (QED) is 0.394. The van der Waals surface area contributed by atoms with Crippen LogP contribution in [0, 0.1) is 6.92 Å². The minimum atomic E-state index is 0.850. The van der Waals surface area contributed by atoms with Gasteiger partial charge in [0.1, 0.15) is 0 Å². The van der Waals surface area contributed by atoms with Crippen LogP contribution >= 0.6 is 11.3 Å². The van der Waals surface area contributed by atoms with E-state index < -0.39 is 0 Å². The van der Waals surface area contributed by atoms with Gasteiger partial charge < -0.3 is 15.5 Å². The molecule has 0 radical (unpaired) electrons. The summed E-state index contributed by atoms with van der Waals surface area (Å²) in [6.07, 6.45) is 6.48. The van der Waals surface area contributed by atoms with Crippen molar-refractivity contribution in [3.05, 3.63) is 21.9 Å². The second-order valence-corrected chi connectivity index (χ2v) is 7.31. The lowest BCUT2D eigenvalue weighted by molar-refractivity contribution is 0.389. The topological polar surface area (TPSA) is 39.7 Å². The molecule has 0 atom stereocenters. The molecule has 0 aromatic carbocycles. The van der Waals surface area contributed by atoms with Gasteiger partial charge in [0.15, 0.2) is 5.96 Å². The predicted molar refractivity (Wildman–Crippen MR) is 98.9 cm³/mol. The van der Waals surface area contributed by atoms with Gasteiger partial charge in [-0.2, -0.15) is 0 Å². The molecule has 0 bridgehead atoms. The number of nitrogens with zero attached hydrogens (tertiary/aromatic N) is 2. The molecule has 0 saturated carbocycles. The molecule has 1 aromatic heterocycles. The number of hydrogen-bond acceptors (Lipinski definition) is 3. The molecule has 0 aliphatic carbocycles. The highest BCUT2D eigenvalue weighted by atomic mass is 32.1. The molecular weight excluding hydrogens is 292 g/mol. The van der Waals surface area contributed by atoms with E-state index >= 15 is 0 Å². The minimum absolute atomic E-state index is 0.850. The molecular formula is C17H32N4S. The first-order chi connectivity index (χ1) is 10.6. The van der Waals surface area contributed by atoms with Crippen LogP contribution in [0.3, 0.4) is 0 Å². The highest BCUT2D eigenvalue weighted by Crippen LogP contribution is 2.14. The molecule has 0 unspecified atom stereocenters. The molecule has 0 amide bonds. The second kappa shape index (κ2) is 11.5. The summed E-state index contributed by atoms with van der Waals surface area (Å²) in [5.41, 5.74) is 0. The largest absolute Gasteiger partial charge is 0.356 e. The minimum Gasteiger partial charge on any atom is -0.356 e. The second-order valence-electron chi connectivity index (χ2n) is 5.94. The Labute approximate surface area is 140 Å². The summed E-state index contributed by atoms with van der Waals surface area (Å²) in [4.78, 5) is 9.23. The van der Waals surface area contributed by atoms with Gasteiger partial charge in [-0.3, -0.25) is 4.99 Å². The number of guanidine groups is 1. The Morgan fingerprint density at radius 3 is 2.45 bits per heavy atom. The molecule has 22 heavy (non-hydrogen) atoms. The van der Waals surface area contributed by atoms with Gasteiger partial charge in [-0.25, -0.2) is 0 Å². The van der Waals surface area contributed by atoms with Crippen LogP contribution < -0.4 is 10.6 Å². The van der Waals surface area contributed by atoms with E-state index in [1.165, 1.54) is 48.4 Å². The first kappa shape index (κ1) is 19.0. The summed E-state index contributed by atoms with van der Waals surface area (Å²) in [5.74, 6) is 0.902. The van der Waals surface area contributed by atoms with Crippen molar-refractivity contribution in [2.75, 3.05) is 34.2 Å². The van der Waals surface area contributed by atoms with Crippen molar-refractivity contribution in [1.82, 2.24) is 15.5 Å². The third-order valence-corrected chi connectivity index (χ3v) is 4.52. The van der Waals surface area contributed by atoms with Gasteiger partial charge >= 0.3 is 0 Å². The molecule has 5 heteroatoms.